The van der Waals surface area contributed by atoms with Crippen molar-refractivity contribution >= 4 is 43.0 Å². The SMILES string of the molecule is O=S(=O)(Nc1c(F)cccc1Br)c1ccc(CCO)s1. The Hall–Kier alpha value is -0.960. The highest BCUT2D eigenvalue weighted by molar-refractivity contribution is 9.10. The van der Waals surface area contributed by atoms with E-state index in [4.69, 9.17) is 5.11 Å². The molecule has 20 heavy (non-hydrogen) atoms. The summed E-state index contributed by atoms with van der Waals surface area (Å²) in [7, 11) is -3.84. The van der Waals surface area contributed by atoms with Gasteiger partial charge >= 0.3 is 0 Å². The molecule has 0 atom stereocenters. The van der Waals surface area contributed by atoms with Crippen LogP contribution >= 0.6 is 27.3 Å². The fourth-order valence-corrected chi connectivity index (χ4v) is 4.53. The normalized spacial score (nSPS) is 11.6. The summed E-state index contributed by atoms with van der Waals surface area (Å²) in [5, 5.41) is 8.83. The predicted molar refractivity (Wildman–Crippen MR) is 80.0 cm³/mol. The lowest BCUT2D eigenvalue weighted by Crippen LogP contribution is -2.13. The van der Waals surface area contributed by atoms with Crippen molar-refractivity contribution in [2.45, 2.75) is 10.6 Å². The molecule has 8 heteroatoms. The molecule has 1 aromatic carbocycles. The van der Waals surface area contributed by atoms with Crippen LogP contribution < -0.4 is 4.72 Å². The van der Waals surface area contributed by atoms with Crippen LogP contribution in [0.3, 0.4) is 0 Å². The van der Waals surface area contributed by atoms with Crippen LogP contribution in [-0.2, 0) is 16.4 Å². The van der Waals surface area contributed by atoms with Crippen molar-refractivity contribution in [2.24, 2.45) is 0 Å². The standard InChI is InChI=1S/C12H11BrFNO3S2/c13-9-2-1-3-10(14)12(9)15-20(17,18)11-5-4-8(19-11)6-7-16/h1-5,15-16H,6-7H2. The second-order valence-electron chi connectivity index (χ2n) is 3.90. The Morgan fingerprint density at radius 3 is 2.70 bits per heavy atom. The second-order valence-corrected chi connectivity index (χ2v) is 7.83. The first kappa shape index (κ1) is 15.4. The maximum absolute atomic E-state index is 13.6. The summed E-state index contributed by atoms with van der Waals surface area (Å²) in [5.74, 6) is -0.657. The molecule has 1 aromatic heterocycles. The first-order valence-corrected chi connectivity index (χ1v) is 8.69. The largest absolute Gasteiger partial charge is 0.396 e. The van der Waals surface area contributed by atoms with E-state index in [0.29, 0.717) is 10.9 Å². The number of halogens is 2. The Morgan fingerprint density at radius 2 is 2.05 bits per heavy atom. The first-order valence-electron chi connectivity index (χ1n) is 5.60. The van der Waals surface area contributed by atoms with E-state index in [1.165, 1.54) is 18.2 Å². The number of nitrogens with one attached hydrogen (secondary N) is 1. The summed E-state index contributed by atoms with van der Waals surface area (Å²) >= 11 is 4.15. The van der Waals surface area contributed by atoms with Crippen LogP contribution in [0.2, 0.25) is 0 Å². The predicted octanol–water partition coefficient (Wildman–Crippen LogP) is 2.99. The van der Waals surface area contributed by atoms with Gasteiger partial charge in [0.05, 0.1) is 5.69 Å². The summed E-state index contributed by atoms with van der Waals surface area (Å²) in [6.45, 7) is -0.0493. The van der Waals surface area contributed by atoms with E-state index in [0.717, 1.165) is 16.2 Å². The van der Waals surface area contributed by atoms with Gasteiger partial charge in [0, 0.05) is 22.4 Å². The molecule has 2 N–H and O–H groups in total. The van der Waals surface area contributed by atoms with Gasteiger partial charge in [-0.15, -0.1) is 11.3 Å². The quantitative estimate of drug-likeness (QED) is 0.838. The van der Waals surface area contributed by atoms with Crippen molar-refractivity contribution in [1.82, 2.24) is 0 Å². The molecule has 0 amide bonds. The van der Waals surface area contributed by atoms with Gasteiger partial charge in [-0.05, 0) is 40.2 Å². The lowest BCUT2D eigenvalue weighted by Gasteiger charge is -2.09. The van der Waals surface area contributed by atoms with Crippen LogP contribution in [0.4, 0.5) is 10.1 Å². The lowest BCUT2D eigenvalue weighted by atomic mass is 10.3. The van der Waals surface area contributed by atoms with Gasteiger partial charge in [-0.3, -0.25) is 4.72 Å². The Morgan fingerprint density at radius 1 is 1.30 bits per heavy atom. The van der Waals surface area contributed by atoms with Crippen molar-refractivity contribution < 1.29 is 17.9 Å². The zero-order valence-corrected chi connectivity index (χ0v) is 13.4. The molecule has 0 radical (unpaired) electrons. The topological polar surface area (TPSA) is 66.4 Å². The number of anilines is 1. The highest BCUT2D eigenvalue weighted by atomic mass is 79.9. The molecule has 108 valence electrons. The van der Waals surface area contributed by atoms with E-state index in [1.54, 1.807) is 12.1 Å². The van der Waals surface area contributed by atoms with Crippen LogP contribution in [0, 0.1) is 5.82 Å². The molecule has 0 bridgehead atoms. The summed E-state index contributed by atoms with van der Waals surface area (Å²) in [5.41, 5.74) is -0.121. The number of rotatable bonds is 5. The summed E-state index contributed by atoms with van der Waals surface area (Å²) in [4.78, 5) is 0.750. The van der Waals surface area contributed by atoms with Gasteiger partial charge in [0.25, 0.3) is 10.0 Å². The highest BCUT2D eigenvalue weighted by Gasteiger charge is 2.20. The number of thiophene rings is 1. The first-order chi connectivity index (χ1) is 9.44. The maximum atomic E-state index is 13.6. The van der Waals surface area contributed by atoms with Crippen molar-refractivity contribution in [1.29, 1.82) is 0 Å². The molecule has 2 aromatic rings. The minimum Gasteiger partial charge on any atom is -0.396 e. The van der Waals surface area contributed by atoms with Gasteiger partial charge < -0.3 is 5.11 Å². The Kier molecular flexibility index (Phi) is 4.79. The minimum atomic E-state index is -3.84. The average molecular weight is 380 g/mol. The molecular weight excluding hydrogens is 369 g/mol. The molecule has 0 aliphatic carbocycles. The fraction of sp³-hybridized carbons (Fsp3) is 0.167. The Balaban J connectivity index is 2.31. The molecule has 0 aliphatic rings. The molecule has 0 saturated carbocycles. The third-order valence-corrected chi connectivity index (χ3v) is 6.11. The molecule has 0 aliphatic heterocycles. The number of aliphatic hydroxyl groups is 1. The fourth-order valence-electron chi connectivity index (χ4n) is 1.53. The van der Waals surface area contributed by atoms with E-state index in [2.05, 4.69) is 20.7 Å². The molecule has 4 nitrogen and oxygen atoms in total. The van der Waals surface area contributed by atoms with Gasteiger partial charge in [0.1, 0.15) is 10.0 Å². The van der Waals surface area contributed by atoms with Gasteiger partial charge in [-0.25, -0.2) is 12.8 Å². The number of hydrogen-bond acceptors (Lipinski definition) is 4. The molecule has 1 heterocycles. The van der Waals surface area contributed by atoms with Crippen molar-refractivity contribution in [2.75, 3.05) is 11.3 Å². The lowest BCUT2D eigenvalue weighted by molar-refractivity contribution is 0.300. The molecule has 0 saturated heterocycles. The highest BCUT2D eigenvalue weighted by Crippen LogP contribution is 2.29. The summed E-state index contributed by atoms with van der Waals surface area (Å²) < 4.78 is 40.6. The molecule has 0 fully saturated rings. The zero-order valence-electron chi connectivity index (χ0n) is 10.1. The third-order valence-electron chi connectivity index (χ3n) is 2.46. The van der Waals surface area contributed by atoms with Gasteiger partial charge in [-0.2, -0.15) is 0 Å². The van der Waals surface area contributed by atoms with Crippen LogP contribution in [0.1, 0.15) is 4.88 Å². The third kappa shape index (κ3) is 3.38. The van der Waals surface area contributed by atoms with E-state index >= 15 is 0 Å². The number of hydrogen-bond donors (Lipinski definition) is 2. The summed E-state index contributed by atoms with van der Waals surface area (Å²) in [6, 6.07) is 7.26. The monoisotopic (exact) mass is 379 g/mol. The molecule has 0 unspecified atom stereocenters. The van der Waals surface area contributed by atoms with Crippen LogP contribution in [0.15, 0.2) is 39.0 Å². The van der Waals surface area contributed by atoms with Crippen LogP contribution in [0.5, 0.6) is 0 Å². The second kappa shape index (κ2) is 6.21. The Bertz CT molecular complexity index is 695. The van der Waals surface area contributed by atoms with E-state index < -0.39 is 15.8 Å². The van der Waals surface area contributed by atoms with Gasteiger partial charge in [0.15, 0.2) is 0 Å². The smallest absolute Gasteiger partial charge is 0.271 e. The number of para-hydroxylation sites is 1. The number of aliphatic hydroxyl groups excluding tert-OH is 1. The van der Waals surface area contributed by atoms with Crippen LogP contribution in [0.25, 0.3) is 0 Å². The molecule has 2 rings (SSSR count). The minimum absolute atomic E-state index is 0.0493. The van der Waals surface area contributed by atoms with Crippen molar-refractivity contribution in [3.05, 3.63) is 45.5 Å². The van der Waals surface area contributed by atoms with E-state index in [1.807, 2.05) is 0 Å². The number of benzene rings is 1. The number of sulfonamides is 1. The van der Waals surface area contributed by atoms with E-state index in [9.17, 15) is 12.8 Å². The van der Waals surface area contributed by atoms with E-state index in [-0.39, 0.29) is 16.5 Å². The van der Waals surface area contributed by atoms with Crippen molar-refractivity contribution in [3.63, 3.8) is 0 Å². The molecular formula is C12H11BrFNO3S2. The van der Waals surface area contributed by atoms with Gasteiger partial charge in [-0.1, -0.05) is 6.07 Å². The van der Waals surface area contributed by atoms with Gasteiger partial charge in [0.2, 0.25) is 0 Å². The zero-order chi connectivity index (χ0) is 14.8. The summed E-state index contributed by atoms with van der Waals surface area (Å²) in [6.07, 6.45) is 0.392. The Labute approximate surface area is 128 Å². The van der Waals surface area contributed by atoms with Crippen molar-refractivity contribution in [3.8, 4) is 0 Å². The van der Waals surface area contributed by atoms with Crippen LogP contribution in [-0.4, -0.2) is 20.1 Å². The molecule has 0 spiro atoms. The average Bonchev–Trinajstić information content (AvgIpc) is 2.84. The maximum Gasteiger partial charge on any atom is 0.271 e.